The largest absolute Gasteiger partial charge is 0.494 e. The molecular weight excluding hydrogens is 370 g/mol. The lowest BCUT2D eigenvalue weighted by atomic mass is 9.90. The van der Waals surface area contributed by atoms with E-state index >= 15 is 0 Å². The van der Waals surface area contributed by atoms with Gasteiger partial charge < -0.3 is 20.9 Å². The Morgan fingerprint density at radius 2 is 2.21 bits per heavy atom. The van der Waals surface area contributed by atoms with Crippen LogP contribution in [0, 0.1) is 0 Å². The van der Waals surface area contributed by atoms with Crippen LogP contribution in [0.4, 0.5) is 0 Å². The summed E-state index contributed by atoms with van der Waals surface area (Å²) in [5.74, 6) is 0.274. The fraction of sp³-hybridized carbons (Fsp3) is 0.476. The lowest BCUT2D eigenvalue weighted by molar-refractivity contribution is -0.113. The van der Waals surface area contributed by atoms with Crippen molar-refractivity contribution in [3.63, 3.8) is 0 Å². The van der Waals surface area contributed by atoms with Crippen LogP contribution in [0.25, 0.3) is 0 Å². The van der Waals surface area contributed by atoms with Crippen molar-refractivity contribution < 1.29 is 14.6 Å². The first-order chi connectivity index (χ1) is 14.0. The van der Waals surface area contributed by atoms with E-state index in [2.05, 4.69) is 15.6 Å². The molecule has 158 valence electrons. The van der Waals surface area contributed by atoms with Crippen molar-refractivity contribution in [3.05, 3.63) is 54.0 Å². The molecule has 4 N–H and O–H groups in total. The van der Waals surface area contributed by atoms with Crippen LogP contribution in [0.5, 0.6) is 5.75 Å². The standard InChI is InChI=1S/C21H31N5O3/c1-3-21(28,17-8-7-10-19(14-17)29-4-2)16-26-18(15-24-25-26)9-5-6-12-23-13-11-20(22)27/h7-8,10-11,13-15,23,28H,3-6,9,12,16H2,1-2H3,(H2,22,27)/b13-11-/t21-/m1/s1. The van der Waals surface area contributed by atoms with Crippen molar-refractivity contribution in [3.8, 4) is 5.75 Å². The number of hydrogen-bond acceptors (Lipinski definition) is 6. The van der Waals surface area contributed by atoms with Crippen LogP contribution in [0.1, 0.15) is 44.4 Å². The molecule has 0 aliphatic carbocycles. The molecule has 0 bridgehead atoms. The summed E-state index contributed by atoms with van der Waals surface area (Å²) in [5, 5.41) is 22.5. The van der Waals surface area contributed by atoms with Crippen LogP contribution < -0.4 is 15.8 Å². The Labute approximate surface area is 171 Å². The fourth-order valence-electron chi connectivity index (χ4n) is 3.06. The SMILES string of the molecule is CCOc1cccc([C@@](O)(CC)Cn2nncc2CCCCN/C=C\C(N)=O)c1. The van der Waals surface area contributed by atoms with Gasteiger partial charge in [-0.15, -0.1) is 5.10 Å². The minimum absolute atomic E-state index is 0.327. The van der Waals surface area contributed by atoms with Crippen molar-refractivity contribution in [2.24, 2.45) is 5.73 Å². The lowest BCUT2D eigenvalue weighted by Gasteiger charge is -2.28. The van der Waals surface area contributed by atoms with Gasteiger partial charge in [0.05, 0.1) is 25.0 Å². The number of nitrogens with one attached hydrogen (secondary N) is 1. The maximum Gasteiger partial charge on any atom is 0.242 e. The number of benzene rings is 1. The molecule has 1 aromatic heterocycles. The highest BCUT2D eigenvalue weighted by Gasteiger charge is 2.29. The predicted molar refractivity (Wildman–Crippen MR) is 111 cm³/mol. The molecule has 0 saturated heterocycles. The normalized spacial score (nSPS) is 13.3. The Morgan fingerprint density at radius 1 is 1.38 bits per heavy atom. The zero-order valence-corrected chi connectivity index (χ0v) is 17.2. The van der Waals surface area contributed by atoms with E-state index in [1.165, 1.54) is 6.08 Å². The van der Waals surface area contributed by atoms with E-state index in [9.17, 15) is 9.90 Å². The molecule has 0 unspecified atom stereocenters. The molecule has 2 aromatic rings. The van der Waals surface area contributed by atoms with E-state index in [1.54, 1.807) is 17.1 Å². The summed E-state index contributed by atoms with van der Waals surface area (Å²) in [5.41, 5.74) is 5.75. The maximum absolute atomic E-state index is 11.3. The summed E-state index contributed by atoms with van der Waals surface area (Å²) in [7, 11) is 0. The van der Waals surface area contributed by atoms with Gasteiger partial charge in [0, 0.05) is 18.8 Å². The zero-order chi connectivity index (χ0) is 21.1. The van der Waals surface area contributed by atoms with Crippen molar-refractivity contribution >= 4 is 5.91 Å². The third kappa shape index (κ3) is 6.90. The molecule has 0 fully saturated rings. The predicted octanol–water partition coefficient (Wildman–Crippen LogP) is 1.89. The number of ether oxygens (including phenoxy) is 1. The second kappa shape index (κ2) is 11.2. The maximum atomic E-state index is 11.3. The van der Waals surface area contributed by atoms with E-state index in [1.807, 2.05) is 38.1 Å². The fourth-order valence-corrected chi connectivity index (χ4v) is 3.06. The molecule has 1 amide bonds. The minimum Gasteiger partial charge on any atom is -0.494 e. The third-order valence-electron chi connectivity index (χ3n) is 4.75. The summed E-state index contributed by atoms with van der Waals surface area (Å²) in [6.45, 7) is 5.54. The molecule has 1 aromatic carbocycles. The van der Waals surface area contributed by atoms with Crippen molar-refractivity contribution in [2.75, 3.05) is 13.2 Å². The number of aryl methyl sites for hydroxylation is 1. The van der Waals surface area contributed by atoms with Gasteiger partial charge >= 0.3 is 0 Å². The van der Waals surface area contributed by atoms with Crippen LogP contribution in [0.3, 0.4) is 0 Å². The Kier molecular flexibility index (Phi) is 8.67. The van der Waals surface area contributed by atoms with E-state index in [0.29, 0.717) is 19.6 Å². The molecule has 0 radical (unpaired) electrons. The number of primary amides is 1. The van der Waals surface area contributed by atoms with Crippen molar-refractivity contribution in [2.45, 2.75) is 51.7 Å². The molecule has 0 aliphatic rings. The molecule has 0 saturated carbocycles. The number of carbonyl (C=O) groups excluding carboxylic acids is 1. The second-order valence-corrected chi connectivity index (χ2v) is 6.88. The van der Waals surface area contributed by atoms with Crippen molar-refractivity contribution in [1.29, 1.82) is 0 Å². The summed E-state index contributed by atoms with van der Waals surface area (Å²) in [4.78, 5) is 10.6. The molecular formula is C21H31N5O3. The molecule has 1 heterocycles. The Hall–Kier alpha value is -2.87. The monoisotopic (exact) mass is 401 g/mol. The number of nitrogens with zero attached hydrogens (tertiary/aromatic N) is 3. The Balaban J connectivity index is 1.96. The first-order valence-corrected chi connectivity index (χ1v) is 10.0. The van der Waals surface area contributed by atoms with Crippen LogP contribution in [-0.4, -0.2) is 39.2 Å². The van der Waals surface area contributed by atoms with Gasteiger partial charge in [0.25, 0.3) is 0 Å². The van der Waals surface area contributed by atoms with Gasteiger partial charge in [-0.3, -0.25) is 4.79 Å². The Morgan fingerprint density at radius 3 is 2.93 bits per heavy atom. The molecule has 0 aliphatic heterocycles. The van der Waals surface area contributed by atoms with Crippen molar-refractivity contribution in [1.82, 2.24) is 20.3 Å². The minimum atomic E-state index is -1.06. The van der Waals surface area contributed by atoms with E-state index in [-0.39, 0.29) is 0 Å². The first kappa shape index (κ1) is 22.4. The topological polar surface area (TPSA) is 115 Å². The molecule has 2 rings (SSSR count). The number of nitrogens with two attached hydrogens (primary N) is 1. The van der Waals surface area contributed by atoms with Gasteiger partial charge in [0.15, 0.2) is 0 Å². The summed E-state index contributed by atoms with van der Waals surface area (Å²) in [6.07, 6.45) is 7.78. The molecule has 29 heavy (non-hydrogen) atoms. The number of carbonyl (C=O) groups is 1. The number of amides is 1. The van der Waals surface area contributed by atoms with Gasteiger partial charge in [-0.05, 0) is 50.3 Å². The van der Waals surface area contributed by atoms with E-state index in [0.717, 1.165) is 42.8 Å². The number of unbranched alkanes of at least 4 members (excludes halogenated alkanes) is 1. The lowest BCUT2D eigenvalue weighted by Crippen LogP contribution is -2.32. The van der Waals surface area contributed by atoms with Gasteiger partial charge in [-0.2, -0.15) is 0 Å². The molecule has 8 heteroatoms. The third-order valence-corrected chi connectivity index (χ3v) is 4.75. The number of aliphatic hydroxyl groups is 1. The average Bonchev–Trinajstić information content (AvgIpc) is 3.14. The van der Waals surface area contributed by atoms with Gasteiger partial charge in [0.1, 0.15) is 11.4 Å². The van der Waals surface area contributed by atoms with Gasteiger partial charge in [-0.1, -0.05) is 24.3 Å². The first-order valence-electron chi connectivity index (χ1n) is 10.0. The van der Waals surface area contributed by atoms with Gasteiger partial charge in [-0.25, -0.2) is 4.68 Å². The molecule has 0 spiro atoms. The van der Waals surface area contributed by atoms with Gasteiger partial charge in [0.2, 0.25) is 5.91 Å². The van der Waals surface area contributed by atoms with E-state index < -0.39 is 11.5 Å². The highest BCUT2D eigenvalue weighted by Crippen LogP contribution is 2.30. The second-order valence-electron chi connectivity index (χ2n) is 6.88. The van der Waals surface area contributed by atoms with Crippen LogP contribution in [-0.2, 0) is 23.4 Å². The van der Waals surface area contributed by atoms with Crippen LogP contribution in [0.2, 0.25) is 0 Å². The Bertz CT molecular complexity index is 805. The van der Waals surface area contributed by atoms with Crippen LogP contribution >= 0.6 is 0 Å². The summed E-state index contributed by atoms with van der Waals surface area (Å²) < 4.78 is 7.34. The quantitative estimate of drug-likeness (QED) is 0.349. The summed E-state index contributed by atoms with van der Waals surface area (Å²) in [6, 6.07) is 7.57. The highest BCUT2D eigenvalue weighted by molar-refractivity contribution is 5.85. The molecule has 8 nitrogen and oxygen atoms in total. The zero-order valence-electron chi connectivity index (χ0n) is 17.2. The van der Waals surface area contributed by atoms with E-state index in [4.69, 9.17) is 10.5 Å². The molecule has 1 atom stereocenters. The number of hydrogen-bond donors (Lipinski definition) is 3. The number of rotatable bonds is 13. The smallest absolute Gasteiger partial charge is 0.242 e. The highest BCUT2D eigenvalue weighted by atomic mass is 16.5. The van der Waals surface area contributed by atoms with Crippen LogP contribution in [0.15, 0.2) is 42.7 Å². The average molecular weight is 402 g/mol. The summed E-state index contributed by atoms with van der Waals surface area (Å²) >= 11 is 0. The number of aromatic nitrogens is 3.